The molecule has 31 heavy (non-hydrogen) atoms. The summed E-state index contributed by atoms with van der Waals surface area (Å²) in [4.78, 5) is 0. The van der Waals surface area contributed by atoms with Gasteiger partial charge in [0.25, 0.3) is 0 Å². The summed E-state index contributed by atoms with van der Waals surface area (Å²) in [6, 6.07) is 0. The fourth-order valence-electron chi connectivity index (χ4n) is 5.27. The number of phenols is 1. The molecule has 2 heteroatoms. The maximum atomic E-state index is 10.4. The number of ether oxygens (including phenoxy) is 1. The Balaban J connectivity index is 1.74. The second-order valence-electron chi connectivity index (χ2n) is 11.4. The minimum Gasteiger partial charge on any atom is -0.507 e. The van der Waals surface area contributed by atoms with Gasteiger partial charge in [0.1, 0.15) is 17.1 Å². The average Bonchev–Trinajstić information content (AvgIpc) is 2.70. The molecule has 1 aliphatic rings. The van der Waals surface area contributed by atoms with E-state index in [9.17, 15) is 5.11 Å². The van der Waals surface area contributed by atoms with Gasteiger partial charge in [0.15, 0.2) is 0 Å². The van der Waals surface area contributed by atoms with E-state index in [1.54, 1.807) is 0 Å². The van der Waals surface area contributed by atoms with Crippen LogP contribution in [0.2, 0.25) is 0 Å². The van der Waals surface area contributed by atoms with Crippen molar-refractivity contribution in [2.24, 2.45) is 17.8 Å². The van der Waals surface area contributed by atoms with Crippen molar-refractivity contribution in [1.29, 1.82) is 0 Å². The van der Waals surface area contributed by atoms with E-state index in [1.807, 2.05) is 13.8 Å². The molecule has 3 atom stereocenters. The molecular formula is C29H50O2. The zero-order chi connectivity index (χ0) is 23.2. The van der Waals surface area contributed by atoms with E-state index in [0.717, 1.165) is 59.5 Å². The second kappa shape index (κ2) is 11.6. The lowest BCUT2D eigenvalue weighted by molar-refractivity contribution is 0.0512. The predicted molar refractivity (Wildman–Crippen MR) is 134 cm³/mol. The molecule has 1 heterocycles. The van der Waals surface area contributed by atoms with Crippen molar-refractivity contribution >= 4 is 0 Å². The molecule has 178 valence electrons. The standard InChI is InChI=1S/C29H50O2/c1-20(2)12-9-13-21(3)14-10-15-22(4)16-11-18-29(8)19-17-26-25(7)27(30)23(5)24(6)28(26)31-29/h20-22,30H,9-19H2,1-8H3/t21-,22-,29-/m1/s1/i7+1. The Bertz CT molecular complexity index is 705. The minimum absolute atomic E-state index is 0.0712. The van der Waals surface area contributed by atoms with Gasteiger partial charge in [-0.25, -0.2) is 0 Å². The Morgan fingerprint density at radius 3 is 1.94 bits per heavy atom. The summed E-state index contributed by atoms with van der Waals surface area (Å²) in [5.74, 6) is 4.04. The third-order valence-electron chi connectivity index (χ3n) is 7.87. The fourth-order valence-corrected chi connectivity index (χ4v) is 5.27. The summed E-state index contributed by atoms with van der Waals surface area (Å²) in [5.41, 5.74) is 4.23. The van der Waals surface area contributed by atoms with E-state index in [1.165, 1.54) is 56.9 Å². The van der Waals surface area contributed by atoms with Crippen molar-refractivity contribution in [3.05, 3.63) is 22.3 Å². The van der Waals surface area contributed by atoms with Crippen molar-refractivity contribution in [2.45, 2.75) is 132 Å². The van der Waals surface area contributed by atoms with Crippen LogP contribution in [0, 0.1) is 38.5 Å². The third-order valence-corrected chi connectivity index (χ3v) is 7.87. The highest BCUT2D eigenvalue weighted by Crippen LogP contribution is 2.44. The molecule has 0 bridgehead atoms. The monoisotopic (exact) mass is 431 g/mol. The number of aromatic hydroxyl groups is 1. The van der Waals surface area contributed by atoms with E-state index in [2.05, 4.69) is 41.5 Å². The third kappa shape index (κ3) is 7.43. The van der Waals surface area contributed by atoms with Gasteiger partial charge >= 0.3 is 0 Å². The first-order chi connectivity index (χ1) is 14.5. The lowest BCUT2D eigenvalue weighted by Gasteiger charge is -2.38. The summed E-state index contributed by atoms with van der Waals surface area (Å²) in [6.45, 7) is 17.9. The number of hydrogen-bond donors (Lipinski definition) is 1. The largest absolute Gasteiger partial charge is 0.507 e. The van der Waals surface area contributed by atoms with E-state index >= 15 is 0 Å². The minimum atomic E-state index is -0.0712. The van der Waals surface area contributed by atoms with Crippen molar-refractivity contribution in [3.63, 3.8) is 0 Å². The van der Waals surface area contributed by atoms with Crippen LogP contribution in [0.4, 0.5) is 0 Å². The molecule has 0 unspecified atom stereocenters. The molecule has 1 aromatic rings. The highest BCUT2D eigenvalue weighted by Gasteiger charge is 2.34. The molecule has 0 aromatic heterocycles. The van der Waals surface area contributed by atoms with Crippen LogP contribution >= 0.6 is 0 Å². The molecule has 0 saturated heterocycles. The second-order valence-corrected chi connectivity index (χ2v) is 11.4. The van der Waals surface area contributed by atoms with Crippen LogP contribution in [0.15, 0.2) is 0 Å². The Morgan fingerprint density at radius 2 is 1.35 bits per heavy atom. The van der Waals surface area contributed by atoms with E-state index < -0.39 is 0 Å². The number of phenolic OH excluding ortho intramolecular Hbond substituents is 1. The van der Waals surface area contributed by atoms with Crippen LogP contribution in [-0.4, -0.2) is 10.7 Å². The van der Waals surface area contributed by atoms with Gasteiger partial charge in [-0.2, -0.15) is 0 Å². The highest BCUT2D eigenvalue weighted by molar-refractivity contribution is 5.58. The van der Waals surface area contributed by atoms with Crippen LogP contribution in [0.25, 0.3) is 0 Å². The lowest BCUT2D eigenvalue weighted by atomic mass is 9.84. The first kappa shape index (κ1) is 26.1. The molecule has 0 fully saturated rings. The van der Waals surface area contributed by atoms with E-state index in [4.69, 9.17) is 4.74 Å². The van der Waals surface area contributed by atoms with Gasteiger partial charge in [0.2, 0.25) is 0 Å². The van der Waals surface area contributed by atoms with Gasteiger partial charge < -0.3 is 9.84 Å². The molecule has 1 aromatic carbocycles. The van der Waals surface area contributed by atoms with Gasteiger partial charge in [-0.05, 0) is 87.8 Å². The molecule has 0 spiro atoms. The van der Waals surface area contributed by atoms with Gasteiger partial charge in [0.05, 0.1) is 0 Å². The zero-order valence-corrected chi connectivity index (χ0v) is 21.9. The molecule has 0 radical (unpaired) electrons. The molecular weight excluding hydrogens is 381 g/mol. The summed E-state index contributed by atoms with van der Waals surface area (Å²) < 4.78 is 6.60. The molecule has 1 aliphatic heterocycles. The van der Waals surface area contributed by atoms with Crippen molar-refractivity contribution in [1.82, 2.24) is 0 Å². The van der Waals surface area contributed by atoms with E-state index in [-0.39, 0.29) is 5.60 Å². The SMILES string of the molecule is Cc1c(C)c2c(c([13CH3])c1O)CC[C@@](C)(CCC[C@H](C)CCC[C@H](C)CCCC(C)C)O2. The van der Waals surface area contributed by atoms with Crippen LogP contribution < -0.4 is 4.74 Å². The van der Waals surface area contributed by atoms with Crippen LogP contribution in [0.5, 0.6) is 11.5 Å². The normalized spacial score (nSPS) is 20.4. The van der Waals surface area contributed by atoms with Crippen molar-refractivity contribution in [3.8, 4) is 11.5 Å². The van der Waals surface area contributed by atoms with Crippen LogP contribution in [0.3, 0.4) is 0 Å². The number of hydrogen-bond acceptors (Lipinski definition) is 2. The van der Waals surface area contributed by atoms with Crippen LogP contribution in [0.1, 0.15) is 121 Å². The zero-order valence-electron chi connectivity index (χ0n) is 21.9. The molecule has 0 amide bonds. The Morgan fingerprint density at radius 1 is 0.806 bits per heavy atom. The maximum absolute atomic E-state index is 10.4. The van der Waals surface area contributed by atoms with Crippen molar-refractivity contribution in [2.75, 3.05) is 0 Å². The number of fused-ring (bicyclic) bond motifs is 1. The Hall–Kier alpha value is -1.18. The number of benzene rings is 1. The summed E-state index contributed by atoms with van der Waals surface area (Å²) in [5, 5.41) is 10.4. The molecule has 0 saturated carbocycles. The molecule has 2 nitrogen and oxygen atoms in total. The summed E-state index contributed by atoms with van der Waals surface area (Å²) in [6.07, 6.45) is 14.1. The fraction of sp³-hybridized carbons (Fsp3) is 0.793. The quantitative estimate of drug-likeness (QED) is 0.335. The molecule has 2 rings (SSSR count). The maximum Gasteiger partial charge on any atom is 0.127 e. The van der Waals surface area contributed by atoms with Gasteiger partial charge in [-0.3, -0.25) is 0 Å². The average molecular weight is 432 g/mol. The highest BCUT2D eigenvalue weighted by atomic mass is 16.5. The topological polar surface area (TPSA) is 29.5 Å². The number of rotatable bonds is 12. The smallest absolute Gasteiger partial charge is 0.127 e. The lowest BCUT2D eigenvalue weighted by Crippen LogP contribution is -2.37. The Labute approximate surface area is 193 Å². The van der Waals surface area contributed by atoms with Gasteiger partial charge in [0, 0.05) is 5.56 Å². The van der Waals surface area contributed by atoms with E-state index in [0.29, 0.717) is 5.75 Å². The summed E-state index contributed by atoms with van der Waals surface area (Å²) in [7, 11) is 0. The van der Waals surface area contributed by atoms with Crippen LogP contribution in [-0.2, 0) is 6.42 Å². The predicted octanol–water partition coefficient (Wildman–Crippen LogP) is 8.84. The van der Waals surface area contributed by atoms with Crippen molar-refractivity contribution < 1.29 is 9.84 Å². The summed E-state index contributed by atoms with van der Waals surface area (Å²) >= 11 is 0. The first-order valence-electron chi connectivity index (χ1n) is 13.0. The molecule has 0 aliphatic carbocycles. The van der Waals surface area contributed by atoms with Gasteiger partial charge in [-0.1, -0.05) is 72.6 Å². The van der Waals surface area contributed by atoms with Gasteiger partial charge in [-0.15, -0.1) is 0 Å². The Kier molecular flexibility index (Phi) is 9.77. The first-order valence-corrected chi connectivity index (χ1v) is 13.0. The molecule has 1 N–H and O–H groups in total.